The monoisotopic (exact) mass is 232 g/mol. The molecule has 1 aromatic rings. The molecular formula is C8H16N4O2S. The molecule has 1 aromatic heterocycles. The smallest absolute Gasteiger partial charge is 0.257 e. The number of nitrogens with zero attached hydrogens (tertiary/aromatic N) is 3. The number of rotatable bonds is 4. The van der Waals surface area contributed by atoms with Crippen molar-refractivity contribution in [3.8, 4) is 0 Å². The van der Waals surface area contributed by atoms with Crippen molar-refractivity contribution in [1.82, 2.24) is 14.7 Å². The number of hydrogen-bond donors (Lipinski definition) is 1. The van der Waals surface area contributed by atoms with Crippen LogP contribution in [0.15, 0.2) is 11.1 Å². The Hall–Kier alpha value is -0.920. The second-order valence-electron chi connectivity index (χ2n) is 3.57. The fourth-order valence-electron chi connectivity index (χ4n) is 1.29. The van der Waals surface area contributed by atoms with Gasteiger partial charge in [0, 0.05) is 19.2 Å². The first-order chi connectivity index (χ1) is 6.84. The predicted octanol–water partition coefficient (Wildman–Crippen LogP) is -0.388. The first-order valence-corrected chi connectivity index (χ1v) is 6.13. The zero-order valence-electron chi connectivity index (χ0n) is 9.14. The molecule has 7 heteroatoms. The number of aryl methyl sites for hydroxylation is 1. The predicted molar refractivity (Wildman–Crippen MR) is 56.7 cm³/mol. The zero-order valence-corrected chi connectivity index (χ0v) is 9.95. The Morgan fingerprint density at radius 2 is 2.13 bits per heavy atom. The van der Waals surface area contributed by atoms with Gasteiger partial charge in [0.2, 0.25) is 0 Å². The number of primary sulfonamides is 1. The molecule has 0 unspecified atom stereocenters. The van der Waals surface area contributed by atoms with Crippen LogP contribution in [0.4, 0.5) is 0 Å². The molecule has 0 aliphatic carbocycles. The van der Waals surface area contributed by atoms with Crippen molar-refractivity contribution in [1.29, 1.82) is 0 Å². The summed E-state index contributed by atoms with van der Waals surface area (Å²) in [6.07, 6.45) is 0. The van der Waals surface area contributed by atoms with Gasteiger partial charge in [-0.05, 0) is 21.0 Å². The molecule has 15 heavy (non-hydrogen) atoms. The molecule has 0 atom stereocenters. The van der Waals surface area contributed by atoms with E-state index in [4.69, 9.17) is 5.14 Å². The molecule has 0 saturated carbocycles. The first-order valence-electron chi connectivity index (χ1n) is 4.59. The van der Waals surface area contributed by atoms with E-state index in [1.807, 2.05) is 25.9 Å². The minimum Gasteiger partial charge on any atom is -0.304 e. The summed E-state index contributed by atoms with van der Waals surface area (Å²) in [5.41, 5.74) is 0.839. The van der Waals surface area contributed by atoms with E-state index in [-0.39, 0.29) is 5.03 Å². The van der Waals surface area contributed by atoms with Gasteiger partial charge in [0.25, 0.3) is 10.0 Å². The van der Waals surface area contributed by atoms with Crippen LogP contribution in [0, 0.1) is 0 Å². The van der Waals surface area contributed by atoms with Crippen LogP contribution in [0.1, 0.15) is 12.6 Å². The van der Waals surface area contributed by atoms with Gasteiger partial charge < -0.3 is 4.90 Å². The molecule has 0 saturated heterocycles. The Balaban J connectivity index is 3.12. The average Bonchev–Trinajstić information content (AvgIpc) is 2.45. The summed E-state index contributed by atoms with van der Waals surface area (Å²) in [7, 11) is 0.112. The maximum absolute atomic E-state index is 11.1. The lowest BCUT2D eigenvalue weighted by Crippen LogP contribution is -2.15. The van der Waals surface area contributed by atoms with Crippen LogP contribution in [-0.2, 0) is 23.1 Å². The fraction of sp³-hybridized carbons (Fsp3) is 0.625. The minimum atomic E-state index is -3.70. The van der Waals surface area contributed by atoms with E-state index >= 15 is 0 Å². The molecule has 2 N–H and O–H groups in total. The number of nitrogens with two attached hydrogens (primary N) is 1. The maximum atomic E-state index is 11.1. The van der Waals surface area contributed by atoms with Crippen LogP contribution in [0.2, 0.25) is 0 Å². The molecule has 0 radical (unpaired) electrons. The molecule has 0 amide bonds. The first kappa shape index (κ1) is 12.2. The lowest BCUT2D eigenvalue weighted by Gasteiger charge is -2.09. The Bertz CT molecular complexity index is 435. The summed E-state index contributed by atoms with van der Waals surface area (Å²) in [5, 5.41) is 8.87. The van der Waals surface area contributed by atoms with E-state index < -0.39 is 10.0 Å². The third-order valence-corrected chi connectivity index (χ3v) is 2.69. The van der Waals surface area contributed by atoms with Gasteiger partial charge in [0.05, 0.1) is 5.69 Å². The van der Waals surface area contributed by atoms with Gasteiger partial charge in [0.1, 0.15) is 0 Å². The summed E-state index contributed by atoms with van der Waals surface area (Å²) in [6, 6.07) is 1.51. The Morgan fingerprint density at radius 3 is 2.53 bits per heavy atom. The molecule has 0 aliphatic heterocycles. The van der Waals surface area contributed by atoms with Crippen LogP contribution in [-0.4, -0.2) is 37.2 Å². The van der Waals surface area contributed by atoms with Crippen molar-refractivity contribution in [2.45, 2.75) is 25.0 Å². The van der Waals surface area contributed by atoms with E-state index in [0.717, 1.165) is 5.69 Å². The molecule has 6 nitrogen and oxygen atoms in total. The molecule has 0 aromatic carbocycles. The van der Waals surface area contributed by atoms with E-state index in [9.17, 15) is 8.42 Å². The van der Waals surface area contributed by atoms with E-state index in [2.05, 4.69) is 5.10 Å². The van der Waals surface area contributed by atoms with Crippen molar-refractivity contribution < 1.29 is 8.42 Å². The van der Waals surface area contributed by atoms with Gasteiger partial charge >= 0.3 is 0 Å². The highest BCUT2D eigenvalue weighted by atomic mass is 32.2. The van der Waals surface area contributed by atoms with Gasteiger partial charge in [-0.2, -0.15) is 5.10 Å². The van der Waals surface area contributed by atoms with Crippen LogP contribution in [0.3, 0.4) is 0 Å². The zero-order chi connectivity index (χ0) is 11.6. The maximum Gasteiger partial charge on any atom is 0.257 e. The summed E-state index contributed by atoms with van der Waals surface area (Å²) in [4.78, 5) is 1.94. The van der Waals surface area contributed by atoms with Crippen LogP contribution in [0.5, 0.6) is 0 Å². The van der Waals surface area contributed by atoms with Crippen LogP contribution in [0.25, 0.3) is 0 Å². The molecule has 86 valence electrons. The summed E-state index contributed by atoms with van der Waals surface area (Å²) >= 11 is 0. The topological polar surface area (TPSA) is 81.2 Å². The van der Waals surface area contributed by atoms with Gasteiger partial charge in [-0.15, -0.1) is 0 Å². The molecular weight excluding hydrogens is 216 g/mol. The van der Waals surface area contributed by atoms with Crippen molar-refractivity contribution in [2.75, 3.05) is 14.1 Å². The summed E-state index contributed by atoms with van der Waals surface area (Å²) in [5.74, 6) is 0. The molecule has 0 bridgehead atoms. The normalized spacial score (nSPS) is 12.3. The molecule has 0 fully saturated rings. The van der Waals surface area contributed by atoms with Gasteiger partial charge in [0.15, 0.2) is 5.03 Å². The molecule has 1 rings (SSSR count). The Morgan fingerprint density at radius 1 is 1.53 bits per heavy atom. The summed E-state index contributed by atoms with van der Waals surface area (Å²) in [6.45, 7) is 3.16. The second-order valence-corrected chi connectivity index (χ2v) is 5.08. The second kappa shape index (κ2) is 4.30. The number of aromatic nitrogens is 2. The third-order valence-electron chi connectivity index (χ3n) is 1.91. The van der Waals surface area contributed by atoms with Gasteiger partial charge in [-0.3, -0.25) is 4.68 Å². The summed E-state index contributed by atoms with van der Waals surface area (Å²) < 4.78 is 23.8. The highest BCUT2D eigenvalue weighted by Gasteiger charge is 2.15. The van der Waals surface area contributed by atoms with E-state index in [0.29, 0.717) is 13.1 Å². The van der Waals surface area contributed by atoms with Gasteiger partial charge in [-0.1, -0.05) is 0 Å². The molecule has 0 aliphatic rings. The lowest BCUT2D eigenvalue weighted by molar-refractivity contribution is 0.383. The van der Waals surface area contributed by atoms with Crippen LogP contribution >= 0.6 is 0 Å². The standard InChI is InChI=1S/C8H16N4O2S/c1-4-12-7(6-11(2)3)5-8(10-12)15(9,13)14/h5H,4,6H2,1-3H3,(H2,9,13,14). The van der Waals surface area contributed by atoms with Crippen molar-refractivity contribution in [3.05, 3.63) is 11.8 Å². The molecule has 0 spiro atoms. The van der Waals surface area contributed by atoms with Gasteiger partial charge in [-0.25, -0.2) is 13.6 Å². The lowest BCUT2D eigenvalue weighted by atomic mass is 10.4. The highest BCUT2D eigenvalue weighted by molar-refractivity contribution is 7.89. The van der Waals surface area contributed by atoms with Crippen molar-refractivity contribution in [3.63, 3.8) is 0 Å². The van der Waals surface area contributed by atoms with Crippen molar-refractivity contribution in [2.24, 2.45) is 5.14 Å². The quantitative estimate of drug-likeness (QED) is 0.766. The SMILES string of the molecule is CCn1nc(S(N)(=O)=O)cc1CN(C)C. The Kier molecular flexibility index (Phi) is 3.48. The van der Waals surface area contributed by atoms with E-state index in [1.165, 1.54) is 6.07 Å². The van der Waals surface area contributed by atoms with Crippen molar-refractivity contribution >= 4 is 10.0 Å². The van der Waals surface area contributed by atoms with E-state index in [1.54, 1.807) is 4.68 Å². The highest BCUT2D eigenvalue weighted by Crippen LogP contribution is 2.10. The largest absolute Gasteiger partial charge is 0.304 e. The fourth-order valence-corrected chi connectivity index (χ4v) is 1.81. The third kappa shape index (κ3) is 3.01. The minimum absolute atomic E-state index is 0.0683. The molecule has 1 heterocycles. The van der Waals surface area contributed by atoms with Crippen LogP contribution < -0.4 is 5.14 Å². The Labute approximate surface area is 89.7 Å². The average molecular weight is 232 g/mol. The number of sulfonamides is 1. The number of hydrogen-bond acceptors (Lipinski definition) is 4.